The van der Waals surface area contributed by atoms with Gasteiger partial charge in [-0.1, -0.05) is 38.2 Å². The highest BCUT2D eigenvalue weighted by atomic mass is 32.2. The van der Waals surface area contributed by atoms with Crippen LogP contribution in [0.2, 0.25) is 0 Å². The van der Waals surface area contributed by atoms with Gasteiger partial charge in [0.15, 0.2) is 0 Å². The van der Waals surface area contributed by atoms with Gasteiger partial charge in [0.2, 0.25) is 0 Å². The standard InChI is InChI=1S/C22H32N2S/c1-2-6-14(7-3-1)24-21-17(18-12-13-25-22(18)24)11-10-16-15-8-4-5-9-19(15)23-20(16)21/h12-16,18-20,22-23H,1-11H2. The molecular weight excluding hydrogens is 324 g/mol. The maximum absolute atomic E-state index is 4.19. The second-order valence-corrected chi connectivity index (χ2v) is 10.4. The number of hydrogen-bond donors (Lipinski definition) is 1. The minimum absolute atomic E-state index is 0.693. The first-order chi connectivity index (χ1) is 12.4. The summed E-state index contributed by atoms with van der Waals surface area (Å²) < 4.78 is 0. The molecule has 3 aliphatic carbocycles. The van der Waals surface area contributed by atoms with Gasteiger partial charge in [-0.15, -0.1) is 11.8 Å². The number of nitrogens with zero attached hydrogens (tertiary/aromatic N) is 1. The Morgan fingerprint density at radius 3 is 2.68 bits per heavy atom. The fourth-order valence-corrected chi connectivity index (χ4v) is 8.54. The number of nitrogens with one attached hydrogen (secondary N) is 1. The number of rotatable bonds is 1. The summed E-state index contributed by atoms with van der Waals surface area (Å²) in [5.41, 5.74) is 3.65. The van der Waals surface area contributed by atoms with Crippen molar-refractivity contribution in [3.63, 3.8) is 0 Å². The molecule has 25 heavy (non-hydrogen) atoms. The van der Waals surface area contributed by atoms with Crippen molar-refractivity contribution in [3.05, 3.63) is 22.8 Å². The smallest absolute Gasteiger partial charge is 0.0892 e. The average molecular weight is 357 g/mol. The zero-order chi connectivity index (χ0) is 16.4. The highest BCUT2D eigenvalue weighted by molar-refractivity contribution is 8.03. The Kier molecular flexibility index (Phi) is 3.79. The molecule has 0 aromatic rings. The zero-order valence-corrected chi connectivity index (χ0v) is 16.1. The van der Waals surface area contributed by atoms with E-state index < -0.39 is 0 Å². The highest BCUT2D eigenvalue weighted by Gasteiger charge is 2.54. The van der Waals surface area contributed by atoms with Crippen LogP contribution in [0.1, 0.15) is 70.6 Å². The Hall–Kier alpha value is -0.410. The van der Waals surface area contributed by atoms with Gasteiger partial charge < -0.3 is 10.2 Å². The fraction of sp³-hybridized carbons (Fsp3) is 0.818. The summed E-state index contributed by atoms with van der Waals surface area (Å²) in [5.74, 6) is 2.64. The predicted molar refractivity (Wildman–Crippen MR) is 105 cm³/mol. The van der Waals surface area contributed by atoms with Crippen molar-refractivity contribution >= 4 is 11.8 Å². The van der Waals surface area contributed by atoms with Crippen molar-refractivity contribution in [3.8, 4) is 0 Å². The molecule has 0 aromatic carbocycles. The molecule has 0 radical (unpaired) electrons. The average Bonchev–Trinajstić information content (AvgIpc) is 3.34. The molecule has 0 bridgehead atoms. The third-order valence-electron chi connectivity index (χ3n) is 8.30. The molecule has 0 aromatic heterocycles. The Balaban J connectivity index is 1.38. The Labute approximate surface area is 156 Å². The van der Waals surface area contributed by atoms with Crippen LogP contribution in [0, 0.1) is 17.8 Å². The van der Waals surface area contributed by atoms with Crippen LogP contribution in [-0.4, -0.2) is 28.4 Å². The van der Waals surface area contributed by atoms with Crippen molar-refractivity contribution in [2.24, 2.45) is 17.8 Å². The molecule has 6 atom stereocenters. The predicted octanol–water partition coefficient (Wildman–Crippen LogP) is 5.03. The van der Waals surface area contributed by atoms with Crippen LogP contribution in [-0.2, 0) is 0 Å². The van der Waals surface area contributed by atoms with E-state index in [0.717, 1.165) is 29.8 Å². The minimum atomic E-state index is 0.693. The van der Waals surface area contributed by atoms with Gasteiger partial charge in [0.25, 0.3) is 0 Å². The monoisotopic (exact) mass is 356 g/mol. The number of hydrogen-bond acceptors (Lipinski definition) is 3. The van der Waals surface area contributed by atoms with Crippen molar-refractivity contribution in [2.75, 3.05) is 0 Å². The van der Waals surface area contributed by atoms with Gasteiger partial charge in [0.05, 0.1) is 11.4 Å². The van der Waals surface area contributed by atoms with Gasteiger partial charge in [0.1, 0.15) is 0 Å². The molecule has 6 rings (SSSR count). The molecule has 2 nitrogen and oxygen atoms in total. The van der Waals surface area contributed by atoms with E-state index >= 15 is 0 Å². The molecule has 136 valence electrons. The third kappa shape index (κ3) is 2.27. The minimum Gasteiger partial charge on any atom is -0.357 e. The van der Waals surface area contributed by atoms with Crippen LogP contribution in [0.4, 0.5) is 0 Å². The second kappa shape index (κ2) is 6.05. The van der Waals surface area contributed by atoms with Gasteiger partial charge in [-0.2, -0.15) is 0 Å². The first kappa shape index (κ1) is 15.6. The molecule has 3 fully saturated rings. The summed E-state index contributed by atoms with van der Waals surface area (Å²) in [6, 6.07) is 2.34. The van der Waals surface area contributed by atoms with Crippen LogP contribution in [0.15, 0.2) is 22.8 Å². The number of thioether (sulfide) groups is 1. The zero-order valence-electron chi connectivity index (χ0n) is 15.3. The third-order valence-corrected chi connectivity index (χ3v) is 9.41. The van der Waals surface area contributed by atoms with Gasteiger partial charge in [-0.3, -0.25) is 0 Å². The maximum atomic E-state index is 4.19. The van der Waals surface area contributed by atoms with Gasteiger partial charge in [0, 0.05) is 23.7 Å². The Morgan fingerprint density at radius 2 is 1.76 bits per heavy atom. The molecule has 3 heteroatoms. The summed E-state index contributed by atoms with van der Waals surface area (Å²) in [7, 11) is 0. The first-order valence-electron chi connectivity index (χ1n) is 11.0. The van der Waals surface area contributed by atoms with E-state index in [0.29, 0.717) is 11.4 Å². The first-order valence-corrected chi connectivity index (χ1v) is 12.0. The van der Waals surface area contributed by atoms with Crippen LogP contribution in [0.3, 0.4) is 0 Å². The van der Waals surface area contributed by atoms with Gasteiger partial charge >= 0.3 is 0 Å². The lowest BCUT2D eigenvalue weighted by atomic mass is 9.72. The molecule has 1 saturated heterocycles. The van der Waals surface area contributed by atoms with E-state index in [1.807, 2.05) is 11.3 Å². The van der Waals surface area contributed by atoms with E-state index in [9.17, 15) is 0 Å². The van der Waals surface area contributed by atoms with Crippen molar-refractivity contribution < 1.29 is 0 Å². The summed E-state index contributed by atoms with van der Waals surface area (Å²) >= 11 is 2.12. The van der Waals surface area contributed by atoms with E-state index in [1.165, 1.54) is 70.6 Å². The van der Waals surface area contributed by atoms with E-state index in [2.05, 4.69) is 33.5 Å². The maximum Gasteiger partial charge on any atom is 0.0892 e. The molecule has 6 aliphatic rings. The molecule has 1 N–H and O–H groups in total. The normalized spacial score (nSPS) is 46.2. The summed E-state index contributed by atoms with van der Waals surface area (Å²) in [4.78, 5) is 2.98. The van der Waals surface area contributed by atoms with Crippen molar-refractivity contribution in [2.45, 2.75) is 94.1 Å². The lowest BCUT2D eigenvalue weighted by Gasteiger charge is -2.42. The van der Waals surface area contributed by atoms with E-state index in [1.54, 1.807) is 0 Å². The topological polar surface area (TPSA) is 15.3 Å². The summed E-state index contributed by atoms with van der Waals surface area (Å²) in [6.07, 6.45) is 18.5. The molecule has 2 saturated carbocycles. The lowest BCUT2D eigenvalue weighted by Crippen LogP contribution is -2.46. The van der Waals surface area contributed by atoms with Crippen LogP contribution < -0.4 is 5.32 Å². The van der Waals surface area contributed by atoms with Crippen molar-refractivity contribution in [1.82, 2.24) is 10.2 Å². The Morgan fingerprint density at radius 1 is 0.920 bits per heavy atom. The molecule has 0 amide bonds. The highest BCUT2D eigenvalue weighted by Crippen LogP contribution is 2.56. The largest absolute Gasteiger partial charge is 0.357 e. The van der Waals surface area contributed by atoms with Crippen molar-refractivity contribution in [1.29, 1.82) is 0 Å². The molecule has 6 unspecified atom stereocenters. The quantitative estimate of drug-likeness (QED) is 0.709. The van der Waals surface area contributed by atoms with E-state index in [4.69, 9.17) is 0 Å². The summed E-state index contributed by atoms with van der Waals surface area (Å²) in [6.45, 7) is 0. The number of fused-ring (bicyclic) bond motifs is 6. The molecule has 3 heterocycles. The summed E-state index contributed by atoms with van der Waals surface area (Å²) in [5, 5.41) is 7.30. The van der Waals surface area contributed by atoms with Gasteiger partial charge in [-0.25, -0.2) is 0 Å². The van der Waals surface area contributed by atoms with Crippen LogP contribution in [0.25, 0.3) is 0 Å². The molecule has 0 spiro atoms. The van der Waals surface area contributed by atoms with Crippen LogP contribution >= 0.6 is 11.8 Å². The SMILES string of the molecule is C1=CC2C3=C(C4NC5CCCCC5C4CC3)N(C3CCCCC3)C2S1. The molecule has 3 aliphatic heterocycles. The second-order valence-electron chi connectivity index (χ2n) is 9.39. The molecular formula is C22H32N2S. The lowest BCUT2D eigenvalue weighted by molar-refractivity contribution is 0.173. The van der Waals surface area contributed by atoms with E-state index in [-0.39, 0.29) is 0 Å². The fourth-order valence-electron chi connectivity index (χ4n) is 7.27. The van der Waals surface area contributed by atoms with Crippen LogP contribution in [0.5, 0.6) is 0 Å². The Bertz CT molecular complexity index is 605. The van der Waals surface area contributed by atoms with Gasteiger partial charge in [-0.05, 0) is 61.3 Å².